The second kappa shape index (κ2) is 9.53. The van der Waals surface area contributed by atoms with Gasteiger partial charge in [-0.1, -0.05) is 32.1 Å². The van der Waals surface area contributed by atoms with Crippen LogP contribution in [-0.2, 0) is 0 Å². The molecule has 0 aromatic heterocycles. The average molecular weight is 181 g/mol. The molecule has 0 fully saturated rings. The van der Waals surface area contributed by atoms with Gasteiger partial charge >= 0.3 is 0 Å². The molecule has 1 nitrogen and oxygen atoms in total. The number of rotatable bonds is 8. The van der Waals surface area contributed by atoms with Gasteiger partial charge in [-0.2, -0.15) is 0 Å². The molecule has 0 aliphatic heterocycles. The molecule has 0 heterocycles. The van der Waals surface area contributed by atoms with E-state index in [0.717, 1.165) is 25.9 Å². The third-order valence-electron chi connectivity index (χ3n) is 2.05. The van der Waals surface area contributed by atoms with Gasteiger partial charge in [0.1, 0.15) is 0 Å². The first-order chi connectivity index (χ1) is 6.35. The van der Waals surface area contributed by atoms with E-state index in [1.807, 2.05) is 6.08 Å². The van der Waals surface area contributed by atoms with Crippen LogP contribution < -0.4 is 0 Å². The van der Waals surface area contributed by atoms with Crippen LogP contribution >= 0.6 is 0 Å². The van der Waals surface area contributed by atoms with Gasteiger partial charge in [-0.25, -0.2) is 0 Å². The summed E-state index contributed by atoms with van der Waals surface area (Å²) < 4.78 is 0. The zero-order valence-electron chi connectivity index (χ0n) is 9.13. The standard InChI is InChI=1S/C12H23N/c1-4-7-8-9-10-12-13(6-3)11-5-2/h4,9-10H,1,5-8,11-12H2,2-3H3/b10-9+. The van der Waals surface area contributed by atoms with E-state index in [1.54, 1.807) is 0 Å². The molecule has 0 rings (SSSR count). The van der Waals surface area contributed by atoms with Crippen molar-refractivity contribution in [2.75, 3.05) is 19.6 Å². The summed E-state index contributed by atoms with van der Waals surface area (Å²) in [5.41, 5.74) is 0. The maximum atomic E-state index is 3.69. The summed E-state index contributed by atoms with van der Waals surface area (Å²) in [4.78, 5) is 2.45. The van der Waals surface area contributed by atoms with E-state index in [2.05, 4.69) is 37.5 Å². The number of unbranched alkanes of at least 4 members (excludes halogenated alkanes) is 1. The van der Waals surface area contributed by atoms with Gasteiger partial charge in [0.25, 0.3) is 0 Å². The Bertz CT molecular complexity index is 138. The number of hydrogen-bond donors (Lipinski definition) is 0. The molecule has 0 amide bonds. The molecule has 0 aromatic rings. The van der Waals surface area contributed by atoms with Gasteiger partial charge in [0, 0.05) is 6.54 Å². The van der Waals surface area contributed by atoms with Crippen molar-refractivity contribution in [3.05, 3.63) is 24.8 Å². The highest BCUT2D eigenvalue weighted by molar-refractivity contribution is 4.86. The fourth-order valence-corrected chi connectivity index (χ4v) is 1.25. The van der Waals surface area contributed by atoms with Crippen molar-refractivity contribution in [1.29, 1.82) is 0 Å². The van der Waals surface area contributed by atoms with E-state index in [4.69, 9.17) is 0 Å². The van der Waals surface area contributed by atoms with Crippen LogP contribution in [0.3, 0.4) is 0 Å². The molecule has 0 atom stereocenters. The molecule has 0 aliphatic rings. The molecular weight excluding hydrogens is 158 g/mol. The molecule has 1 heteroatoms. The lowest BCUT2D eigenvalue weighted by Crippen LogP contribution is -2.24. The van der Waals surface area contributed by atoms with Crippen molar-refractivity contribution in [1.82, 2.24) is 4.90 Å². The van der Waals surface area contributed by atoms with Crippen LogP contribution in [0.4, 0.5) is 0 Å². The van der Waals surface area contributed by atoms with E-state index >= 15 is 0 Å². The van der Waals surface area contributed by atoms with E-state index in [1.165, 1.54) is 13.0 Å². The first kappa shape index (κ1) is 12.4. The summed E-state index contributed by atoms with van der Waals surface area (Å²) in [6, 6.07) is 0. The lowest BCUT2D eigenvalue weighted by molar-refractivity contribution is 0.319. The highest BCUT2D eigenvalue weighted by Gasteiger charge is 1.95. The zero-order chi connectivity index (χ0) is 9.94. The van der Waals surface area contributed by atoms with Crippen molar-refractivity contribution >= 4 is 0 Å². The van der Waals surface area contributed by atoms with Gasteiger partial charge < -0.3 is 0 Å². The summed E-state index contributed by atoms with van der Waals surface area (Å²) in [7, 11) is 0. The lowest BCUT2D eigenvalue weighted by Gasteiger charge is -2.16. The van der Waals surface area contributed by atoms with Crippen molar-refractivity contribution < 1.29 is 0 Å². The minimum atomic E-state index is 1.09. The molecule has 0 bridgehead atoms. The summed E-state index contributed by atoms with van der Waals surface area (Å²) in [5.74, 6) is 0. The molecule has 13 heavy (non-hydrogen) atoms. The molecule has 0 spiro atoms. The predicted molar refractivity (Wildman–Crippen MR) is 61.0 cm³/mol. The Morgan fingerprint density at radius 2 is 1.92 bits per heavy atom. The number of hydrogen-bond acceptors (Lipinski definition) is 1. The largest absolute Gasteiger partial charge is 0.300 e. The number of allylic oxidation sites excluding steroid dienone is 2. The van der Waals surface area contributed by atoms with Crippen LogP contribution in [0.25, 0.3) is 0 Å². The first-order valence-corrected chi connectivity index (χ1v) is 5.33. The summed E-state index contributed by atoms with van der Waals surface area (Å²) >= 11 is 0. The molecule has 0 saturated heterocycles. The van der Waals surface area contributed by atoms with Crippen molar-refractivity contribution in [2.45, 2.75) is 33.1 Å². The van der Waals surface area contributed by atoms with Gasteiger partial charge in [-0.05, 0) is 32.4 Å². The van der Waals surface area contributed by atoms with Gasteiger partial charge in [-0.15, -0.1) is 6.58 Å². The predicted octanol–water partition coefficient (Wildman–Crippen LogP) is 3.24. The fourth-order valence-electron chi connectivity index (χ4n) is 1.25. The number of nitrogens with zero attached hydrogens (tertiary/aromatic N) is 1. The van der Waals surface area contributed by atoms with Crippen molar-refractivity contribution in [3.63, 3.8) is 0 Å². The Labute approximate surface area is 83.1 Å². The highest BCUT2D eigenvalue weighted by Crippen LogP contribution is 1.94. The Morgan fingerprint density at radius 1 is 1.15 bits per heavy atom. The van der Waals surface area contributed by atoms with Crippen molar-refractivity contribution in [3.8, 4) is 0 Å². The van der Waals surface area contributed by atoms with E-state index in [-0.39, 0.29) is 0 Å². The maximum Gasteiger partial charge on any atom is 0.0163 e. The van der Waals surface area contributed by atoms with E-state index in [0.29, 0.717) is 0 Å². The van der Waals surface area contributed by atoms with Crippen molar-refractivity contribution in [2.24, 2.45) is 0 Å². The Hall–Kier alpha value is -0.560. The Kier molecular flexibility index (Phi) is 9.12. The fraction of sp³-hybridized carbons (Fsp3) is 0.667. The van der Waals surface area contributed by atoms with Crippen LogP contribution in [0.15, 0.2) is 24.8 Å². The summed E-state index contributed by atoms with van der Waals surface area (Å²) in [6.45, 7) is 11.6. The quantitative estimate of drug-likeness (QED) is 0.410. The monoisotopic (exact) mass is 181 g/mol. The molecule has 0 radical (unpaired) electrons. The normalized spacial score (nSPS) is 11.3. The Morgan fingerprint density at radius 3 is 2.46 bits per heavy atom. The van der Waals surface area contributed by atoms with E-state index < -0.39 is 0 Å². The SMILES string of the molecule is C=CCC/C=C/CN(CC)CCC. The second-order valence-electron chi connectivity index (χ2n) is 3.23. The average Bonchev–Trinajstić information content (AvgIpc) is 2.16. The summed E-state index contributed by atoms with van der Waals surface area (Å²) in [5, 5.41) is 0. The minimum absolute atomic E-state index is 1.09. The summed E-state index contributed by atoms with van der Waals surface area (Å²) in [6.07, 6.45) is 9.95. The van der Waals surface area contributed by atoms with E-state index in [9.17, 15) is 0 Å². The van der Waals surface area contributed by atoms with Gasteiger partial charge in [0.05, 0.1) is 0 Å². The Balaban J connectivity index is 3.45. The third-order valence-corrected chi connectivity index (χ3v) is 2.05. The van der Waals surface area contributed by atoms with Crippen LogP contribution in [0.1, 0.15) is 33.1 Å². The van der Waals surface area contributed by atoms with Crippen LogP contribution in [0.2, 0.25) is 0 Å². The smallest absolute Gasteiger partial charge is 0.0163 e. The molecular formula is C12H23N. The molecule has 0 N–H and O–H groups in total. The molecule has 0 saturated carbocycles. The van der Waals surface area contributed by atoms with Gasteiger partial charge in [0.2, 0.25) is 0 Å². The third kappa shape index (κ3) is 7.79. The first-order valence-electron chi connectivity index (χ1n) is 5.33. The zero-order valence-corrected chi connectivity index (χ0v) is 9.13. The minimum Gasteiger partial charge on any atom is -0.300 e. The molecule has 76 valence electrons. The molecule has 0 aliphatic carbocycles. The highest BCUT2D eigenvalue weighted by atomic mass is 15.1. The van der Waals surface area contributed by atoms with Crippen LogP contribution in [-0.4, -0.2) is 24.5 Å². The topological polar surface area (TPSA) is 3.24 Å². The van der Waals surface area contributed by atoms with Gasteiger partial charge in [0.15, 0.2) is 0 Å². The second-order valence-corrected chi connectivity index (χ2v) is 3.23. The number of likely N-dealkylation sites (N-methyl/N-ethyl adjacent to an activating group) is 1. The van der Waals surface area contributed by atoms with Gasteiger partial charge in [-0.3, -0.25) is 4.90 Å². The maximum absolute atomic E-state index is 3.69. The molecule has 0 aromatic carbocycles. The molecule has 0 unspecified atom stereocenters. The van der Waals surface area contributed by atoms with Crippen LogP contribution in [0, 0.1) is 0 Å². The lowest BCUT2D eigenvalue weighted by atomic mass is 10.3. The van der Waals surface area contributed by atoms with Crippen LogP contribution in [0.5, 0.6) is 0 Å².